The van der Waals surface area contributed by atoms with E-state index in [1.165, 1.54) is 23.3 Å². The molecule has 27 heavy (non-hydrogen) atoms. The molecule has 1 heterocycles. The molecule has 0 unspecified atom stereocenters. The molecule has 2 amide bonds. The summed E-state index contributed by atoms with van der Waals surface area (Å²) < 4.78 is 0. The highest BCUT2D eigenvalue weighted by Gasteiger charge is 2.22. The Morgan fingerprint density at radius 3 is 2.30 bits per heavy atom. The number of amides is 2. The van der Waals surface area contributed by atoms with Crippen LogP contribution in [0.1, 0.15) is 50.2 Å². The van der Waals surface area contributed by atoms with E-state index in [9.17, 15) is 14.4 Å². The van der Waals surface area contributed by atoms with Crippen LogP contribution in [-0.4, -0.2) is 34.3 Å². The van der Waals surface area contributed by atoms with Gasteiger partial charge in [0.05, 0.1) is 5.56 Å². The van der Waals surface area contributed by atoms with Gasteiger partial charge in [-0.1, -0.05) is 24.3 Å². The highest BCUT2D eigenvalue weighted by molar-refractivity contribution is 5.97. The zero-order valence-electron chi connectivity index (χ0n) is 15.2. The molecule has 6 heteroatoms. The minimum absolute atomic E-state index is 0.0733. The Labute approximate surface area is 157 Å². The second-order valence-corrected chi connectivity index (χ2v) is 6.77. The predicted molar refractivity (Wildman–Crippen MR) is 100 cm³/mol. The predicted octanol–water partition coefficient (Wildman–Crippen LogP) is 2.75. The number of hydrogen-bond donors (Lipinski definition) is 2. The van der Waals surface area contributed by atoms with Gasteiger partial charge in [-0.2, -0.15) is 0 Å². The van der Waals surface area contributed by atoms with Crippen molar-refractivity contribution in [1.82, 2.24) is 10.2 Å². The summed E-state index contributed by atoms with van der Waals surface area (Å²) >= 11 is 0. The fourth-order valence-electron chi connectivity index (χ4n) is 3.25. The number of benzene rings is 2. The molecule has 0 fully saturated rings. The maximum atomic E-state index is 12.3. The molecule has 0 spiro atoms. The summed E-state index contributed by atoms with van der Waals surface area (Å²) in [5, 5.41) is 11.8. The molecular formula is C21H22N2O4. The van der Waals surface area contributed by atoms with Gasteiger partial charge in [0, 0.05) is 31.6 Å². The van der Waals surface area contributed by atoms with Crippen LogP contribution >= 0.6 is 0 Å². The molecule has 3 rings (SSSR count). The van der Waals surface area contributed by atoms with Crippen molar-refractivity contribution in [2.45, 2.75) is 32.9 Å². The van der Waals surface area contributed by atoms with Gasteiger partial charge in [0.15, 0.2) is 0 Å². The van der Waals surface area contributed by atoms with Crippen molar-refractivity contribution in [2.24, 2.45) is 0 Å². The SMILES string of the molecule is Cc1cc(C(=O)O)cc(C(=O)NCCCC(=O)N2Cc3ccccc3C2)c1. The van der Waals surface area contributed by atoms with Crippen LogP contribution in [0.2, 0.25) is 0 Å². The van der Waals surface area contributed by atoms with Gasteiger partial charge in [-0.15, -0.1) is 0 Å². The van der Waals surface area contributed by atoms with Crippen molar-refractivity contribution in [1.29, 1.82) is 0 Å². The van der Waals surface area contributed by atoms with E-state index < -0.39 is 5.97 Å². The average molecular weight is 366 g/mol. The third-order valence-corrected chi connectivity index (χ3v) is 4.63. The van der Waals surface area contributed by atoms with Crippen LogP contribution in [0.3, 0.4) is 0 Å². The van der Waals surface area contributed by atoms with Crippen LogP contribution in [-0.2, 0) is 17.9 Å². The number of carbonyl (C=O) groups excluding carboxylic acids is 2. The summed E-state index contributed by atoms with van der Waals surface area (Å²) in [6.45, 7) is 3.39. The van der Waals surface area contributed by atoms with Crippen molar-refractivity contribution in [3.8, 4) is 0 Å². The normalized spacial score (nSPS) is 12.6. The third kappa shape index (κ3) is 4.53. The lowest BCUT2D eigenvalue weighted by Gasteiger charge is -2.15. The molecule has 2 aromatic rings. The molecular weight excluding hydrogens is 344 g/mol. The maximum Gasteiger partial charge on any atom is 0.335 e. The molecule has 0 aliphatic carbocycles. The van der Waals surface area contributed by atoms with E-state index >= 15 is 0 Å². The monoisotopic (exact) mass is 366 g/mol. The second-order valence-electron chi connectivity index (χ2n) is 6.77. The number of nitrogens with zero attached hydrogens (tertiary/aromatic N) is 1. The van der Waals surface area contributed by atoms with Gasteiger partial charge in [0.1, 0.15) is 0 Å². The van der Waals surface area contributed by atoms with Crippen LogP contribution in [0.15, 0.2) is 42.5 Å². The largest absolute Gasteiger partial charge is 0.478 e. The minimum atomic E-state index is -1.06. The third-order valence-electron chi connectivity index (χ3n) is 4.63. The van der Waals surface area contributed by atoms with E-state index in [1.807, 2.05) is 29.2 Å². The molecule has 0 atom stereocenters. The fourth-order valence-corrected chi connectivity index (χ4v) is 3.25. The molecule has 2 N–H and O–H groups in total. The number of aromatic carboxylic acids is 1. The van der Waals surface area contributed by atoms with Gasteiger partial charge in [0.2, 0.25) is 5.91 Å². The zero-order chi connectivity index (χ0) is 19.4. The van der Waals surface area contributed by atoms with E-state index in [1.54, 1.807) is 13.0 Å². The first kappa shape index (κ1) is 18.6. The average Bonchev–Trinajstić information content (AvgIpc) is 3.08. The Kier molecular flexibility index (Phi) is 5.54. The van der Waals surface area contributed by atoms with Gasteiger partial charge in [-0.25, -0.2) is 4.79 Å². The Bertz CT molecular complexity index is 867. The van der Waals surface area contributed by atoms with E-state index in [4.69, 9.17) is 5.11 Å². The Balaban J connectivity index is 1.46. The van der Waals surface area contributed by atoms with Crippen molar-refractivity contribution in [3.05, 3.63) is 70.3 Å². The number of rotatable bonds is 6. The fraction of sp³-hybridized carbons (Fsp3) is 0.286. The quantitative estimate of drug-likeness (QED) is 0.770. The molecule has 0 saturated carbocycles. The van der Waals surface area contributed by atoms with Crippen molar-refractivity contribution in [3.63, 3.8) is 0 Å². The maximum absolute atomic E-state index is 12.3. The number of carboxylic acid groups (broad SMARTS) is 1. The molecule has 6 nitrogen and oxygen atoms in total. The first-order chi connectivity index (χ1) is 12.9. The summed E-state index contributed by atoms with van der Waals surface area (Å²) in [7, 11) is 0. The summed E-state index contributed by atoms with van der Waals surface area (Å²) in [5.41, 5.74) is 3.49. The molecule has 0 aromatic heterocycles. The van der Waals surface area contributed by atoms with Gasteiger partial charge >= 0.3 is 5.97 Å². The van der Waals surface area contributed by atoms with Gasteiger partial charge in [-0.05, 0) is 48.2 Å². The second kappa shape index (κ2) is 8.03. The summed E-state index contributed by atoms with van der Waals surface area (Å²) in [6.07, 6.45) is 0.900. The van der Waals surface area contributed by atoms with Crippen molar-refractivity contribution >= 4 is 17.8 Å². The van der Waals surface area contributed by atoms with Crippen LogP contribution in [0.25, 0.3) is 0 Å². The number of hydrogen-bond acceptors (Lipinski definition) is 3. The van der Waals surface area contributed by atoms with E-state index in [0.29, 0.717) is 43.6 Å². The van der Waals surface area contributed by atoms with Gasteiger partial charge in [-0.3, -0.25) is 9.59 Å². The van der Waals surface area contributed by atoms with Gasteiger partial charge < -0.3 is 15.3 Å². The zero-order valence-corrected chi connectivity index (χ0v) is 15.2. The number of nitrogens with one attached hydrogen (secondary N) is 1. The minimum Gasteiger partial charge on any atom is -0.478 e. The summed E-state index contributed by atoms with van der Waals surface area (Å²) in [5.74, 6) is -1.32. The standard InChI is InChI=1S/C21H22N2O4/c1-14-9-17(11-18(10-14)21(26)27)20(25)22-8-4-7-19(24)23-12-15-5-2-3-6-16(15)13-23/h2-3,5-6,9-11H,4,7-8,12-13H2,1H3,(H,22,25)(H,26,27). The molecule has 1 aliphatic heterocycles. The topological polar surface area (TPSA) is 86.7 Å². The summed E-state index contributed by atoms with van der Waals surface area (Å²) in [6, 6.07) is 12.6. The van der Waals surface area contributed by atoms with Gasteiger partial charge in [0.25, 0.3) is 5.91 Å². The number of aryl methyl sites for hydroxylation is 1. The number of fused-ring (bicyclic) bond motifs is 1. The number of carbonyl (C=O) groups is 3. The first-order valence-electron chi connectivity index (χ1n) is 8.92. The number of carboxylic acids is 1. The molecule has 140 valence electrons. The lowest BCUT2D eigenvalue weighted by molar-refractivity contribution is -0.131. The lowest BCUT2D eigenvalue weighted by atomic mass is 10.1. The smallest absolute Gasteiger partial charge is 0.335 e. The highest BCUT2D eigenvalue weighted by atomic mass is 16.4. The Hall–Kier alpha value is -3.15. The lowest BCUT2D eigenvalue weighted by Crippen LogP contribution is -2.28. The van der Waals surface area contributed by atoms with Crippen LogP contribution in [0.4, 0.5) is 0 Å². The highest BCUT2D eigenvalue weighted by Crippen LogP contribution is 2.22. The molecule has 0 radical (unpaired) electrons. The van der Waals surface area contributed by atoms with E-state index in [2.05, 4.69) is 5.32 Å². The van der Waals surface area contributed by atoms with E-state index in [0.717, 1.165) is 0 Å². The van der Waals surface area contributed by atoms with Crippen LogP contribution < -0.4 is 5.32 Å². The first-order valence-corrected chi connectivity index (χ1v) is 8.92. The van der Waals surface area contributed by atoms with Crippen LogP contribution in [0, 0.1) is 6.92 Å². The van der Waals surface area contributed by atoms with Crippen LogP contribution in [0.5, 0.6) is 0 Å². The molecule has 0 bridgehead atoms. The van der Waals surface area contributed by atoms with E-state index in [-0.39, 0.29) is 17.4 Å². The van der Waals surface area contributed by atoms with Crippen molar-refractivity contribution < 1.29 is 19.5 Å². The molecule has 2 aromatic carbocycles. The molecule has 0 saturated heterocycles. The van der Waals surface area contributed by atoms with Crippen molar-refractivity contribution in [2.75, 3.05) is 6.54 Å². The Morgan fingerprint density at radius 1 is 1.04 bits per heavy atom. The Morgan fingerprint density at radius 2 is 1.67 bits per heavy atom. The summed E-state index contributed by atoms with van der Waals surface area (Å²) in [4.78, 5) is 37.5. The molecule has 1 aliphatic rings.